The summed E-state index contributed by atoms with van der Waals surface area (Å²) in [6.07, 6.45) is 3.07. The zero-order valence-electron chi connectivity index (χ0n) is 22.0. The zero-order chi connectivity index (χ0) is 28.8. The number of aromatic nitrogens is 1. The summed E-state index contributed by atoms with van der Waals surface area (Å²) < 4.78 is 0. The van der Waals surface area contributed by atoms with Crippen LogP contribution in [0.25, 0.3) is 0 Å². The molecule has 6 N–H and O–H groups in total. The quantitative estimate of drug-likeness (QED) is 0.0813. The first kappa shape index (κ1) is 27.7. The van der Waals surface area contributed by atoms with Crippen LogP contribution in [0.3, 0.4) is 0 Å². The van der Waals surface area contributed by atoms with Crippen LogP contribution < -0.4 is 16.4 Å². The van der Waals surface area contributed by atoms with Crippen LogP contribution in [0.1, 0.15) is 18.5 Å². The van der Waals surface area contributed by atoms with Crippen LogP contribution in [-0.2, 0) is 19.2 Å². The van der Waals surface area contributed by atoms with Gasteiger partial charge in [-0.25, -0.2) is 9.78 Å². The molecule has 0 spiro atoms. The highest BCUT2D eigenvalue weighted by Gasteiger charge is 2.54. The van der Waals surface area contributed by atoms with Crippen molar-refractivity contribution in [2.24, 2.45) is 11.1 Å². The molecule has 4 fully saturated rings. The minimum Gasteiger partial charge on any atom is -0.477 e. The number of aliphatic carboxylic acids is 1. The van der Waals surface area contributed by atoms with Crippen molar-refractivity contribution >= 4 is 57.6 Å². The molecule has 0 saturated carbocycles. The number of allylic oxidation sites excluding steroid dienone is 1. The molecule has 5 aliphatic rings. The molecule has 0 radical (unpaired) electrons. The molecule has 218 valence electrons. The topological polar surface area (TPSA) is 194 Å². The number of carbonyl (C=O) groups is 4. The first-order valence-corrected chi connectivity index (χ1v) is 15.3. The van der Waals surface area contributed by atoms with E-state index in [1.54, 1.807) is 6.08 Å². The molecule has 0 aliphatic carbocycles. The molecule has 1 unspecified atom stereocenters. The fourth-order valence-electron chi connectivity index (χ4n) is 5.97. The van der Waals surface area contributed by atoms with Gasteiger partial charge in [0.05, 0.1) is 0 Å². The molecular weight excluding hydrogens is 572 g/mol. The number of carboxylic acid groups (broad SMARTS) is 1. The Morgan fingerprint density at radius 1 is 1.29 bits per heavy atom. The highest BCUT2D eigenvalue weighted by atomic mass is 32.2. The largest absolute Gasteiger partial charge is 0.477 e. The van der Waals surface area contributed by atoms with Gasteiger partial charge < -0.3 is 36.5 Å². The third-order valence-electron chi connectivity index (χ3n) is 8.14. The van der Waals surface area contributed by atoms with Crippen LogP contribution in [0.5, 0.6) is 0 Å². The second-order valence-corrected chi connectivity index (χ2v) is 12.7. The van der Waals surface area contributed by atoms with Crippen molar-refractivity contribution in [3.05, 3.63) is 34.0 Å². The Morgan fingerprint density at radius 3 is 2.76 bits per heavy atom. The number of amides is 3. The van der Waals surface area contributed by atoms with Crippen molar-refractivity contribution in [3.63, 3.8) is 0 Å². The van der Waals surface area contributed by atoms with E-state index >= 15 is 0 Å². The van der Waals surface area contributed by atoms with E-state index in [-0.39, 0.29) is 34.2 Å². The standard InChI is InChI=1S/C25H30N8O6S2/c26-25-28-16(11-41-25)17(30-39)20(34)29-18-22(36)33-19(24(37)38)14(10-40-23(18)33)5-13-1-4-32(21(13)35)15-2-3-31(9-15)8-12-6-27-7-12/h5,11-12,15,18,23,27,39H,1-4,6-10H2,(H2,26,28)(H,29,34)(H,37,38)/b13-5+,30-17-/t15?,18-,23-/m1/s1. The number of carbonyl (C=O) groups excluding carboxylic acids is 3. The van der Waals surface area contributed by atoms with Gasteiger partial charge in [-0.05, 0) is 30.4 Å². The first-order valence-electron chi connectivity index (χ1n) is 13.3. The van der Waals surface area contributed by atoms with E-state index in [9.17, 15) is 29.5 Å². The van der Waals surface area contributed by atoms with E-state index in [0.717, 1.165) is 55.4 Å². The molecule has 3 atom stereocenters. The average molecular weight is 603 g/mol. The third kappa shape index (κ3) is 5.09. The van der Waals surface area contributed by atoms with E-state index in [0.29, 0.717) is 30.0 Å². The molecule has 0 aromatic carbocycles. The second kappa shape index (κ2) is 11.1. The van der Waals surface area contributed by atoms with E-state index in [2.05, 4.69) is 25.7 Å². The lowest BCUT2D eigenvalue weighted by molar-refractivity contribution is -0.150. The number of nitrogen functional groups attached to an aromatic ring is 1. The number of hydrogen-bond donors (Lipinski definition) is 5. The summed E-state index contributed by atoms with van der Waals surface area (Å²) in [5.41, 5.74) is 6.00. The molecule has 4 saturated heterocycles. The van der Waals surface area contributed by atoms with Crippen LogP contribution >= 0.6 is 23.1 Å². The molecule has 3 amide bonds. The fraction of sp³-hybridized carbons (Fsp3) is 0.520. The number of thioether (sulfide) groups is 1. The number of likely N-dealkylation sites (tertiary alicyclic amines) is 2. The average Bonchev–Trinajstić information content (AvgIpc) is 3.65. The van der Waals surface area contributed by atoms with Crippen LogP contribution in [0.4, 0.5) is 5.13 Å². The van der Waals surface area contributed by atoms with Gasteiger partial charge in [0.2, 0.25) is 5.91 Å². The zero-order valence-corrected chi connectivity index (χ0v) is 23.6. The maximum atomic E-state index is 13.3. The molecule has 14 nitrogen and oxygen atoms in total. The normalized spacial score (nSPS) is 28.2. The van der Waals surface area contributed by atoms with Crippen LogP contribution in [-0.4, -0.2) is 122 Å². The number of hydrogen-bond acceptors (Lipinski definition) is 12. The molecule has 41 heavy (non-hydrogen) atoms. The van der Waals surface area contributed by atoms with Gasteiger partial charge >= 0.3 is 5.97 Å². The maximum Gasteiger partial charge on any atom is 0.352 e. The molecule has 0 bridgehead atoms. The van der Waals surface area contributed by atoms with Crippen molar-refractivity contribution in [2.45, 2.75) is 30.3 Å². The van der Waals surface area contributed by atoms with Crippen LogP contribution in [0.15, 0.2) is 33.5 Å². The lowest BCUT2D eigenvalue weighted by Crippen LogP contribution is -2.71. The van der Waals surface area contributed by atoms with Gasteiger partial charge in [0.15, 0.2) is 10.8 Å². The number of thiazole rings is 1. The predicted octanol–water partition coefficient (Wildman–Crippen LogP) is -0.905. The Kier molecular flexibility index (Phi) is 7.48. The minimum atomic E-state index is -1.28. The molecule has 16 heteroatoms. The lowest BCUT2D eigenvalue weighted by atomic mass is 10.0. The predicted molar refractivity (Wildman–Crippen MR) is 150 cm³/mol. The van der Waals surface area contributed by atoms with Crippen molar-refractivity contribution in [1.82, 2.24) is 30.3 Å². The number of nitrogens with one attached hydrogen (secondary N) is 2. The van der Waals surface area contributed by atoms with Crippen molar-refractivity contribution in [3.8, 4) is 0 Å². The second-order valence-electron chi connectivity index (χ2n) is 10.7. The number of fused-ring (bicyclic) bond motifs is 1. The summed E-state index contributed by atoms with van der Waals surface area (Å²) in [5, 5.41) is 29.1. The lowest BCUT2D eigenvalue weighted by Gasteiger charge is -2.49. The van der Waals surface area contributed by atoms with Crippen LogP contribution in [0.2, 0.25) is 0 Å². The summed E-state index contributed by atoms with van der Waals surface area (Å²) in [5.74, 6) is -1.88. The smallest absolute Gasteiger partial charge is 0.352 e. The van der Waals surface area contributed by atoms with E-state index in [1.165, 1.54) is 17.1 Å². The maximum absolute atomic E-state index is 13.3. The highest BCUT2D eigenvalue weighted by Crippen LogP contribution is 2.41. The van der Waals surface area contributed by atoms with Gasteiger partial charge in [-0.1, -0.05) is 5.16 Å². The van der Waals surface area contributed by atoms with E-state index < -0.39 is 34.9 Å². The SMILES string of the molecule is Nc1nc(/C(=N/O)C(=O)N[C@@H]2C(=O)N3C(C(=O)O)=C(/C=C4\CCN(C5CCN(CC6CNC6)C5)C4=O)CS[C@H]23)cs1. The number of nitrogens with zero attached hydrogens (tertiary/aromatic N) is 5. The number of carboxylic acids is 1. The van der Waals surface area contributed by atoms with Crippen molar-refractivity contribution in [2.75, 3.05) is 50.8 Å². The molecule has 5 aliphatic heterocycles. The minimum absolute atomic E-state index is 0.0590. The monoisotopic (exact) mass is 602 g/mol. The van der Waals surface area contributed by atoms with E-state index in [4.69, 9.17) is 5.73 Å². The Balaban J connectivity index is 1.13. The number of nitrogens with two attached hydrogens (primary N) is 1. The Morgan fingerprint density at radius 2 is 2.10 bits per heavy atom. The Bertz CT molecular complexity index is 1390. The van der Waals surface area contributed by atoms with Crippen molar-refractivity contribution < 1.29 is 29.5 Å². The summed E-state index contributed by atoms with van der Waals surface area (Å²) in [4.78, 5) is 60.8. The molecule has 6 rings (SSSR count). The fourth-order valence-corrected chi connectivity index (χ4v) is 7.83. The number of β-lactam (4-membered cyclic amide) rings is 1. The summed E-state index contributed by atoms with van der Waals surface area (Å²) in [6, 6.07) is -0.873. The number of rotatable bonds is 8. The number of oxime groups is 1. The van der Waals surface area contributed by atoms with E-state index in [1.807, 2.05) is 4.90 Å². The highest BCUT2D eigenvalue weighted by molar-refractivity contribution is 8.00. The van der Waals surface area contributed by atoms with Gasteiger partial charge in [0, 0.05) is 62.0 Å². The summed E-state index contributed by atoms with van der Waals surface area (Å²) in [7, 11) is 0. The molecule has 6 heterocycles. The molecule has 1 aromatic rings. The van der Waals surface area contributed by atoms with Gasteiger partial charge in [-0.2, -0.15) is 0 Å². The Labute approximate surface area is 243 Å². The summed E-state index contributed by atoms with van der Waals surface area (Å²) >= 11 is 2.35. The third-order valence-corrected chi connectivity index (χ3v) is 10.1. The van der Waals surface area contributed by atoms with Gasteiger partial charge in [0.1, 0.15) is 22.8 Å². The number of anilines is 1. The van der Waals surface area contributed by atoms with Crippen LogP contribution in [0, 0.1) is 5.92 Å². The van der Waals surface area contributed by atoms with Crippen molar-refractivity contribution in [1.29, 1.82) is 0 Å². The van der Waals surface area contributed by atoms with Gasteiger partial charge in [0.25, 0.3) is 11.8 Å². The molecule has 1 aromatic heterocycles. The first-order chi connectivity index (χ1) is 19.7. The molecular formula is C25H30N8O6S2. The van der Waals surface area contributed by atoms with Gasteiger partial charge in [-0.15, -0.1) is 23.1 Å². The summed E-state index contributed by atoms with van der Waals surface area (Å²) in [6.45, 7) is 5.54. The Hall–Kier alpha value is -3.47. The van der Waals surface area contributed by atoms with Gasteiger partial charge in [-0.3, -0.25) is 19.3 Å².